The molecule has 0 fully saturated rings. The Balaban J connectivity index is 2.07. The molecule has 2 aromatic rings. The minimum Gasteiger partial charge on any atom is -0.484 e. The second-order valence-electron chi connectivity index (χ2n) is 6.99. The van der Waals surface area contributed by atoms with Crippen molar-refractivity contribution in [1.29, 1.82) is 0 Å². The number of ether oxygens (including phenoxy) is 1. The van der Waals surface area contributed by atoms with E-state index < -0.39 is 6.04 Å². The Morgan fingerprint density at radius 2 is 1.66 bits per heavy atom. The third-order valence-corrected chi connectivity index (χ3v) is 4.81. The van der Waals surface area contributed by atoms with Crippen LogP contribution in [0.5, 0.6) is 5.75 Å². The molecule has 2 amide bonds. The molecule has 2 rings (SSSR count). The quantitative estimate of drug-likeness (QED) is 0.555. The highest BCUT2D eigenvalue weighted by Crippen LogP contribution is 2.12. The van der Waals surface area contributed by atoms with Crippen LogP contribution in [0, 0.1) is 0 Å². The average molecular weight is 397 g/mol. The van der Waals surface area contributed by atoms with E-state index in [1.807, 2.05) is 67.6 Å². The molecule has 0 aliphatic rings. The maximum atomic E-state index is 13.0. The Morgan fingerprint density at radius 1 is 1.00 bits per heavy atom. The number of amides is 2. The van der Waals surface area contributed by atoms with Gasteiger partial charge in [-0.15, -0.1) is 0 Å². The predicted molar refractivity (Wildman–Crippen MR) is 116 cm³/mol. The minimum atomic E-state index is -0.498. The van der Waals surface area contributed by atoms with E-state index >= 15 is 0 Å². The molecular weight excluding hydrogens is 364 g/mol. The van der Waals surface area contributed by atoms with Crippen molar-refractivity contribution in [2.75, 3.05) is 19.7 Å². The van der Waals surface area contributed by atoms with E-state index in [-0.39, 0.29) is 18.4 Å². The van der Waals surface area contributed by atoms with Crippen molar-refractivity contribution >= 4 is 11.8 Å². The normalized spacial score (nSPS) is 11.5. The summed E-state index contributed by atoms with van der Waals surface area (Å²) in [5.74, 6) is 0.369. The molecule has 0 saturated heterocycles. The second-order valence-corrected chi connectivity index (χ2v) is 6.99. The van der Waals surface area contributed by atoms with Crippen molar-refractivity contribution in [3.63, 3.8) is 0 Å². The van der Waals surface area contributed by atoms with Gasteiger partial charge in [0.05, 0.1) is 0 Å². The molecule has 0 aliphatic carbocycles. The summed E-state index contributed by atoms with van der Waals surface area (Å²) in [7, 11) is 0. The molecule has 156 valence electrons. The molecule has 29 heavy (non-hydrogen) atoms. The maximum Gasteiger partial charge on any atom is 0.261 e. The molecular formula is C24H32N2O3. The molecule has 1 N–H and O–H groups in total. The lowest BCUT2D eigenvalue weighted by Crippen LogP contribution is -2.51. The number of rotatable bonds is 12. The van der Waals surface area contributed by atoms with Gasteiger partial charge in [-0.2, -0.15) is 0 Å². The average Bonchev–Trinajstić information content (AvgIpc) is 2.76. The van der Waals surface area contributed by atoms with Gasteiger partial charge in [0.1, 0.15) is 11.8 Å². The number of benzene rings is 2. The Morgan fingerprint density at radius 3 is 2.28 bits per heavy atom. The molecule has 0 bridgehead atoms. The Labute approximate surface area is 174 Å². The Kier molecular flexibility index (Phi) is 9.76. The monoisotopic (exact) mass is 396 g/mol. The molecule has 0 saturated carbocycles. The van der Waals surface area contributed by atoms with Gasteiger partial charge in [0.2, 0.25) is 5.91 Å². The summed E-state index contributed by atoms with van der Waals surface area (Å²) in [6.45, 7) is 5.04. The first kappa shape index (κ1) is 22.5. The van der Waals surface area contributed by atoms with Crippen molar-refractivity contribution in [3.05, 3.63) is 66.2 Å². The van der Waals surface area contributed by atoms with Crippen LogP contribution >= 0.6 is 0 Å². The molecule has 0 aliphatic heterocycles. The highest BCUT2D eigenvalue weighted by molar-refractivity contribution is 5.88. The topological polar surface area (TPSA) is 58.6 Å². The van der Waals surface area contributed by atoms with E-state index in [0.717, 1.165) is 18.4 Å². The third kappa shape index (κ3) is 7.60. The SMILES string of the molecule is CCCCNC(=O)[C@H](CC)N(CCc1ccccc1)C(=O)COc1ccccc1. The van der Waals surface area contributed by atoms with Crippen molar-refractivity contribution in [1.82, 2.24) is 10.2 Å². The summed E-state index contributed by atoms with van der Waals surface area (Å²) in [6.07, 6.45) is 3.19. The van der Waals surface area contributed by atoms with Crippen molar-refractivity contribution in [2.45, 2.75) is 45.6 Å². The number of hydrogen-bond donors (Lipinski definition) is 1. The minimum absolute atomic E-state index is 0.0858. The van der Waals surface area contributed by atoms with Gasteiger partial charge in [-0.25, -0.2) is 0 Å². The van der Waals surface area contributed by atoms with E-state index in [4.69, 9.17) is 4.74 Å². The zero-order chi connectivity index (χ0) is 20.9. The van der Waals surface area contributed by atoms with Gasteiger partial charge < -0.3 is 15.0 Å². The number of carbonyl (C=O) groups is 2. The van der Waals surface area contributed by atoms with Crippen LogP contribution in [0.25, 0.3) is 0 Å². The number of unbranched alkanes of at least 4 members (excludes halogenated alkanes) is 1. The van der Waals surface area contributed by atoms with Crippen molar-refractivity contribution in [2.24, 2.45) is 0 Å². The largest absolute Gasteiger partial charge is 0.484 e. The number of para-hydroxylation sites is 1. The summed E-state index contributed by atoms with van der Waals surface area (Å²) < 4.78 is 5.65. The number of carbonyl (C=O) groups excluding carboxylic acids is 2. The lowest BCUT2D eigenvalue weighted by Gasteiger charge is -2.30. The lowest BCUT2D eigenvalue weighted by atomic mass is 10.1. The first-order valence-electron chi connectivity index (χ1n) is 10.4. The van der Waals surface area contributed by atoms with E-state index in [9.17, 15) is 9.59 Å². The van der Waals surface area contributed by atoms with Crippen LogP contribution in [0.3, 0.4) is 0 Å². The van der Waals surface area contributed by atoms with Gasteiger partial charge >= 0.3 is 0 Å². The fourth-order valence-electron chi connectivity index (χ4n) is 3.15. The van der Waals surface area contributed by atoms with Crippen LogP contribution in [0.4, 0.5) is 0 Å². The van der Waals surface area contributed by atoms with Gasteiger partial charge in [-0.1, -0.05) is 68.8 Å². The predicted octanol–water partition coefficient (Wildman–Crippen LogP) is 3.83. The highest BCUT2D eigenvalue weighted by atomic mass is 16.5. The number of nitrogens with zero attached hydrogens (tertiary/aromatic N) is 1. The summed E-state index contributed by atoms with van der Waals surface area (Å²) in [5.41, 5.74) is 1.13. The molecule has 0 heterocycles. The zero-order valence-electron chi connectivity index (χ0n) is 17.5. The van der Waals surface area contributed by atoms with Crippen LogP contribution in [0.15, 0.2) is 60.7 Å². The summed E-state index contributed by atoms with van der Waals surface area (Å²) in [5, 5.41) is 2.97. The molecule has 0 aromatic heterocycles. The van der Waals surface area contributed by atoms with E-state index in [1.54, 1.807) is 4.90 Å². The standard InChI is InChI=1S/C24H32N2O3/c1-3-5-17-25-24(28)22(4-2)26(18-16-20-12-8-6-9-13-20)23(27)19-29-21-14-10-7-11-15-21/h6-15,22H,3-5,16-19H2,1-2H3,(H,25,28)/t22-/m0/s1. The third-order valence-electron chi connectivity index (χ3n) is 4.81. The van der Waals surface area contributed by atoms with Gasteiger partial charge in [-0.3, -0.25) is 9.59 Å². The molecule has 0 unspecified atom stereocenters. The smallest absolute Gasteiger partial charge is 0.261 e. The molecule has 2 aromatic carbocycles. The van der Waals surface area contributed by atoms with Gasteiger partial charge in [-0.05, 0) is 37.0 Å². The van der Waals surface area contributed by atoms with E-state index in [2.05, 4.69) is 12.2 Å². The van der Waals surface area contributed by atoms with Crippen LogP contribution in [-0.4, -0.2) is 42.5 Å². The van der Waals surface area contributed by atoms with Gasteiger partial charge in [0, 0.05) is 13.1 Å². The molecule has 0 spiro atoms. The van der Waals surface area contributed by atoms with Crippen LogP contribution < -0.4 is 10.1 Å². The fraction of sp³-hybridized carbons (Fsp3) is 0.417. The molecule has 0 radical (unpaired) electrons. The lowest BCUT2D eigenvalue weighted by molar-refractivity contribution is -0.142. The zero-order valence-corrected chi connectivity index (χ0v) is 17.5. The Hall–Kier alpha value is -2.82. The summed E-state index contributed by atoms with van der Waals surface area (Å²) in [4.78, 5) is 27.4. The fourth-order valence-corrected chi connectivity index (χ4v) is 3.15. The summed E-state index contributed by atoms with van der Waals surface area (Å²) in [6, 6.07) is 18.8. The van der Waals surface area contributed by atoms with Crippen LogP contribution in [0.2, 0.25) is 0 Å². The number of nitrogens with one attached hydrogen (secondary N) is 1. The number of hydrogen-bond acceptors (Lipinski definition) is 3. The van der Waals surface area contributed by atoms with E-state index in [1.165, 1.54) is 0 Å². The molecule has 5 heteroatoms. The molecule has 1 atom stereocenters. The highest BCUT2D eigenvalue weighted by Gasteiger charge is 2.28. The van der Waals surface area contributed by atoms with E-state index in [0.29, 0.717) is 31.7 Å². The van der Waals surface area contributed by atoms with Crippen LogP contribution in [-0.2, 0) is 16.0 Å². The van der Waals surface area contributed by atoms with Crippen molar-refractivity contribution < 1.29 is 14.3 Å². The first-order valence-corrected chi connectivity index (χ1v) is 10.4. The van der Waals surface area contributed by atoms with Crippen molar-refractivity contribution in [3.8, 4) is 5.75 Å². The molecule has 5 nitrogen and oxygen atoms in total. The summed E-state index contributed by atoms with van der Waals surface area (Å²) >= 11 is 0. The Bertz CT molecular complexity index is 734. The van der Waals surface area contributed by atoms with Gasteiger partial charge in [0.15, 0.2) is 6.61 Å². The second kappa shape index (κ2) is 12.6. The first-order chi connectivity index (χ1) is 14.2. The van der Waals surface area contributed by atoms with Gasteiger partial charge in [0.25, 0.3) is 5.91 Å². The maximum absolute atomic E-state index is 13.0. The van der Waals surface area contributed by atoms with Crippen LogP contribution in [0.1, 0.15) is 38.7 Å².